The van der Waals surface area contributed by atoms with Gasteiger partial charge in [-0.1, -0.05) is 0 Å². The second kappa shape index (κ2) is 6.96. The number of alkyl halides is 2. The molecular formula is C15H24F2N2O4. The predicted molar refractivity (Wildman–Crippen MR) is 77.2 cm³/mol. The molecule has 6 nitrogen and oxygen atoms in total. The summed E-state index contributed by atoms with van der Waals surface area (Å²) in [6.07, 6.45) is -0.194. The molecule has 3 saturated heterocycles. The van der Waals surface area contributed by atoms with Crippen LogP contribution in [-0.2, 0) is 14.3 Å². The summed E-state index contributed by atoms with van der Waals surface area (Å²) >= 11 is 0. The van der Waals surface area contributed by atoms with Crippen LogP contribution in [0, 0.1) is 5.92 Å². The van der Waals surface area contributed by atoms with Crippen LogP contribution in [-0.4, -0.2) is 79.5 Å². The molecule has 0 bridgehead atoms. The number of aliphatic hydroxyl groups is 1. The van der Waals surface area contributed by atoms with Crippen molar-refractivity contribution in [1.82, 2.24) is 10.2 Å². The largest absolute Gasteiger partial charge is 0.388 e. The Morgan fingerprint density at radius 1 is 1.35 bits per heavy atom. The minimum Gasteiger partial charge on any atom is -0.388 e. The number of ether oxygens (including phenoxy) is 2. The first-order chi connectivity index (χ1) is 10.9. The number of rotatable bonds is 4. The van der Waals surface area contributed by atoms with Crippen molar-refractivity contribution in [1.29, 1.82) is 0 Å². The van der Waals surface area contributed by atoms with Gasteiger partial charge in [0.1, 0.15) is 6.10 Å². The maximum atomic E-state index is 13.2. The second-order valence-electron chi connectivity index (χ2n) is 6.71. The lowest BCUT2D eigenvalue weighted by Crippen LogP contribution is -2.48. The molecule has 0 aliphatic carbocycles. The van der Waals surface area contributed by atoms with E-state index in [-0.39, 0.29) is 37.9 Å². The van der Waals surface area contributed by atoms with Crippen LogP contribution in [0.5, 0.6) is 0 Å². The smallest absolute Gasteiger partial charge is 0.261 e. The zero-order valence-electron chi connectivity index (χ0n) is 13.0. The average Bonchev–Trinajstić information content (AvgIpc) is 3.04. The number of hydrogen-bond donors (Lipinski definition) is 2. The predicted octanol–water partition coefficient (Wildman–Crippen LogP) is -0.00150. The fourth-order valence-electron chi connectivity index (χ4n) is 3.45. The van der Waals surface area contributed by atoms with E-state index < -0.39 is 24.2 Å². The zero-order chi connectivity index (χ0) is 16.4. The number of hydrogen-bond acceptors (Lipinski definition) is 5. The van der Waals surface area contributed by atoms with Crippen LogP contribution in [0.15, 0.2) is 0 Å². The van der Waals surface area contributed by atoms with Gasteiger partial charge in [-0.05, 0) is 12.8 Å². The van der Waals surface area contributed by atoms with Crippen LogP contribution in [0.2, 0.25) is 0 Å². The van der Waals surface area contributed by atoms with Gasteiger partial charge in [0.25, 0.3) is 5.92 Å². The minimum absolute atomic E-state index is 0.0886. The third-order valence-corrected chi connectivity index (χ3v) is 4.89. The Balaban J connectivity index is 1.46. The molecule has 23 heavy (non-hydrogen) atoms. The molecule has 0 aromatic rings. The van der Waals surface area contributed by atoms with E-state index in [4.69, 9.17) is 9.47 Å². The van der Waals surface area contributed by atoms with E-state index in [2.05, 4.69) is 5.32 Å². The Morgan fingerprint density at radius 2 is 2.09 bits per heavy atom. The quantitative estimate of drug-likeness (QED) is 0.757. The molecule has 132 valence electrons. The fourth-order valence-corrected chi connectivity index (χ4v) is 3.45. The van der Waals surface area contributed by atoms with Gasteiger partial charge < -0.3 is 19.9 Å². The summed E-state index contributed by atoms with van der Waals surface area (Å²) in [6.45, 7) is 1.64. The van der Waals surface area contributed by atoms with Crippen LogP contribution in [0.1, 0.15) is 19.3 Å². The van der Waals surface area contributed by atoms with Crippen molar-refractivity contribution in [3.05, 3.63) is 0 Å². The molecule has 0 spiro atoms. The molecule has 2 N–H and O–H groups in total. The standard InChI is InChI=1S/C15H24F2N2O4/c16-15(17)3-4-19(9-15)7-12-13(20)11(8-23-12)18-14(21)10-1-5-22-6-2-10/h10-13,20H,1-9H2,(H,18,21)/t11-,12-,13+/m0/s1. The molecule has 0 aromatic heterocycles. The summed E-state index contributed by atoms with van der Waals surface area (Å²) in [5.41, 5.74) is 0. The highest BCUT2D eigenvalue weighted by atomic mass is 19.3. The summed E-state index contributed by atoms with van der Waals surface area (Å²) < 4.78 is 37.2. The van der Waals surface area contributed by atoms with Crippen molar-refractivity contribution in [2.24, 2.45) is 5.92 Å². The Hall–Kier alpha value is -0.830. The van der Waals surface area contributed by atoms with Gasteiger partial charge in [0.2, 0.25) is 5.91 Å². The highest BCUT2D eigenvalue weighted by Crippen LogP contribution is 2.28. The van der Waals surface area contributed by atoms with E-state index in [1.54, 1.807) is 4.90 Å². The highest BCUT2D eigenvalue weighted by Gasteiger charge is 2.43. The number of carbonyl (C=O) groups excluding carboxylic acids is 1. The number of nitrogens with one attached hydrogen (secondary N) is 1. The van der Waals surface area contributed by atoms with Crippen LogP contribution in [0.25, 0.3) is 0 Å². The first-order valence-corrected chi connectivity index (χ1v) is 8.22. The second-order valence-corrected chi connectivity index (χ2v) is 6.71. The summed E-state index contributed by atoms with van der Waals surface area (Å²) in [7, 11) is 0. The molecule has 3 fully saturated rings. The van der Waals surface area contributed by atoms with Gasteiger partial charge in [-0.25, -0.2) is 8.78 Å². The molecule has 3 aliphatic rings. The van der Waals surface area contributed by atoms with E-state index in [0.29, 0.717) is 32.6 Å². The lowest BCUT2D eigenvalue weighted by atomic mass is 9.98. The molecule has 0 saturated carbocycles. The molecular weight excluding hydrogens is 310 g/mol. The maximum Gasteiger partial charge on any atom is 0.261 e. The number of aliphatic hydroxyl groups excluding tert-OH is 1. The molecule has 1 amide bonds. The van der Waals surface area contributed by atoms with Crippen LogP contribution in [0.4, 0.5) is 8.78 Å². The minimum atomic E-state index is -2.65. The lowest BCUT2D eigenvalue weighted by molar-refractivity contribution is -0.129. The summed E-state index contributed by atoms with van der Waals surface area (Å²) in [5.74, 6) is -2.83. The number of likely N-dealkylation sites (tertiary alicyclic amines) is 1. The monoisotopic (exact) mass is 334 g/mol. The van der Waals surface area contributed by atoms with Gasteiger partial charge >= 0.3 is 0 Å². The summed E-state index contributed by atoms with van der Waals surface area (Å²) in [5, 5.41) is 13.1. The van der Waals surface area contributed by atoms with E-state index in [0.717, 1.165) is 0 Å². The van der Waals surface area contributed by atoms with Crippen LogP contribution < -0.4 is 5.32 Å². The van der Waals surface area contributed by atoms with Gasteiger partial charge in [0.15, 0.2) is 0 Å². The molecule has 3 aliphatic heterocycles. The normalized spacial score (nSPS) is 35.5. The third-order valence-electron chi connectivity index (χ3n) is 4.89. The zero-order valence-corrected chi connectivity index (χ0v) is 13.0. The third kappa shape index (κ3) is 4.17. The average molecular weight is 334 g/mol. The number of nitrogens with zero attached hydrogens (tertiary/aromatic N) is 1. The van der Waals surface area contributed by atoms with E-state index in [1.807, 2.05) is 0 Å². The molecule has 3 heterocycles. The van der Waals surface area contributed by atoms with Gasteiger partial charge in [0, 0.05) is 38.6 Å². The van der Waals surface area contributed by atoms with Gasteiger partial charge in [0.05, 0.1) is 25.3 Å². The van der Waals surface area contributed by atoms with Gasteiger partial charge in [-0.15, -0.1) is 0 Å². The molecule has 0 unspecified atom stereocenters. The number of amides is 1. The molecule has 3 atom stereocenters. The highest BCUT2D eigenvalue weighted by molar-refractivity contribution is 5.79. The topological polar surface area (TPSA) is 71.0 Å². The van der Waals surface area contributed by atoms with Crippen molar-refractivity contribution in [2.75, 3.05) is 39.5 Å². The molecule has 3 rings (SSSR count). The molecule has 0 aromatic carbocycles. The summed E-state index contributed by atoms with van der Waals surface area (Å²) in [6, 6.07) is -0.474. The first-order valence-electron chi connectivity index (χ1n) is 8.22. The Bertz CT molecular complexity index is 432. The maximum absolute atomic E-state index is 13.2. The van der Waals surface area contributed by atoms with Crippen molar-refractivity contribution in [3.63, 3.8) is 0 Å². The SMILES string of the molecule is O=C(N[C@H]1CO[C@@H](CN2CCC(F)(F)C2)[C@@H]1O)C1CCOCC1. The van der Waals surface area contributed by atoms with Crippen molar-refractivity contribution in [2.45, 2.75) is 43.4 Å². The first kappa shape index (κ1) is 17.0. The molecule has 8 heteroatoms. The Kier molecular flexibility index (Phi) is 5.15. The number of carbonyl (C=O) groups is 1. The van der Waals surface area contributed by atoms with Gasteiger partial charge in [-0.2, -0.15) is 0 Å². The summed E-state index contributed by atoms with van der Waals surface area (Å²) in [4.78, 5) is 13.8. The lowest BCUT2D eigenvalue weighted by Gasteiger charge is -2.25. The van der Waals surface area contributed by atoms with Crippen molar-refractivity contribution < 1.29 is 28.2 Å². The van der Waals surface area contributed by atoms with E-state index >= 15 is 0 Å². The van der Waals surface area contributed by atoms with E-state index in [1.165, 1.54) is 0 Å². The van der Waals surface area contributed by atoms with Crippen LogP contribution in [0.3, 0.4) is 0 Å². The van der Waals surface area contributed by atoms with Crippen molar-refractivity contribution >= 4 is 5.91 Å². The Morgan fingerprint density at radius 3 is 2.74 bits per heavy atom. The van der Waals surface area contributed by atoms with Crippen molar-refractivity contribution in [3.8, 4) is 0 Å². The fraction of sp³-hybridized carbons (Fsp3) is 0.933. The Labute approximate surface area is 134 Å². The van der Waals surface area contributed by atoms with E-state index in [9.17, 15) is 18.7 Å². The van der Waals surface area contributed by atoms with Gasteiger partial charge in [-0.3, -0.25) is 9.69 Å². The van der Waals surface area contributed by atoms with Crippen LogP contribution >= 0.6 is 0 Å². The number of halogens is 2. The molecule has 0 radical (unpaired) electrons.